The van der Waals surface area contributed by atoms with E-state index in [0.29, 0.717) is 6.61 Å². The highest BCUT2D eigenvalue weighted by molar-refractivity contribution is 7.05. The van der Waals surface area contributed by atoms with Crippen molar-refractivity contribution in [2.24, 2.45) is 0 Å². The van der Waals surface area contributed by atoms with Crippen LogP contribution < -0.4 is 9.47 Å². The average Bonchev–Trinajstić information content (AvgIpc) is 2.83. The lowest BCUT2D eigenvalue weighted by Crippen LogP contribution is -2.09. The van der Waals surface area contributed by atoms with Gasteiger partial charge in [-0.15, -0.1) is 0 Å². The van der Waals surface area contributed by atoms with E-state index < -0.39 is 0 Å². The SMILES string of the molecule is CCC(C)Oc1ccc(OCc2cc(C)ns2)cc1. The van der Waals surface area contributed by atoms with Crippen LogP contribution in [0.15, 0.2) is 30.3 Å². The van der Waals surface area contributed by atoms with Gasteiger partial charge in [-0.05, 0) is 62.1 Å². The zero-order chi connectivity index (χ0) is 13.7. The Kier molecular flexibility index (Phi) is 4.80. The van der Waals surface area contributed by atoms with E-state index in [4.69, 9.17) is 9.47 Å². The molecule has 0 aliphatic carbocycles. The van der Waals surface area contributed by atoms with Gasteiger partial charge in [0.25, 0.3) is 0 Å². The summed E-state index contributed by atoms with van der Waals surface area (Å²) in [6.07, 6.45) is 1.25. The Labute approximate surface area is 118 Å². The molecule has 0 N–H and O–H groups in total. The van der Waals surface area contributed by atoms with Gasteiger partial charge in [-0.1, -0.05) is 6.92 Å². The predicted molar refractivity (Wildman–Crippen MR) is 78.0 cm³/mol. The maximum absolute atomic E-state index is 5.72. The Morgan fingerprint density at radius 3 is 2.47 bits per heavy atom. The normalized spacial score (nSPS) is 12.2. The predicted octanol–water partition coefficient (Wildman–Crippen LogP) is 4.21. The van der Waals surface area contributed by atoms with Crippen molar-refractivity contribution < 1.29 is 9.47 Å². The second-order valence-electron chi connectivity index (χ2n) is 4.53. The molecule has 3 nitrogen and oxygen atoms in total. The molecule has 2 aromatic rings. The van der Waals surface area contributed by atoms with Crippen molar-refractivity contribution in [1.82, 2.24) is 4.37 Å². The number of nitrogens with zero attached hydrogens (tertiary/aromatic N) is 1. The molecule has 0 spiro atoms. The van der Waals surface area contributed by atoms with Crippen LogP contribution in [-0.2, 0) is 6.61 Å². The fraction of sp³-hybridized carbons (Fsp3) is 0.400. The highest BCUT2D eigenvalue weighted by atomic mass is 32.1. The second kappa shape index (κ2) is 6.57. The molecular weight excluding hydrogens is 258 g/mol. The lowest BCUT2D eigenvalue weighted by molar-refractivity contribution is 0.217. The summed E-state index contributed by atoms with van der Waals surface area (Å²) < 4.78 is 15.7. The van der Waals surface area contributed by atoms with Crippen LogP contribution in [0.5, 0.6) is 11.5 Å². The van der Waals surface area contributed by atoms with E-state index in [1.165, 1.54) is 11.5 Å². The van der Waals surface area contributed by atoms with Crippen LogP contribution in [0.4, 0.5) is 0 Å². The Balaban J connectivity index is 1.88. The van der Waals surface area contributed by atoms with Crippen molar-refractivity contribution in [3.63, 3.8) is 0 Å². The highest BCUT2D eigenvalue weighted by Crippen LogP contribution is 2.20. The summed E-state index contributed by atoms with van der Waals surface area (Å²) in [5.41, 5.74) is 1.04. The molecule has 4 heteroatoms. The molecule has 0 aliphatic heterocycles. The van der Waals surface area contributed by atoms with Crippen molar-refractivity contribution >= 4 is 11.5 Å². The lowest BCUT2D eigenvalue weighted by atomic mass is 10.3. The Morgan fingerprint density at radius 1 is 1.21 bits per heavy atom. The lowest BCUT2D eigenvalue weighted by Gasteiger charge is -2.12. The zero-order valence-corrected chi connectivity index (χ0v) is 12.4. The van der Waals surface area contributed by atoms with Gasteiger partial charge in [0.05, 0.1) is 16.7 Å². The fourth-order valence-corrected chi connectivity index (χ4v) is 2.22. The summed E-state index contributed by atoms with van der Waals surface area (Å²) in [5, 5.41) is 0. The highest BCUT2D eigenvalue weighted by Gasteiger charge is 2.03. The molecule has 0 bridgehead atoms. The van der Waals surface area contributed by atoms with Crippen LogP contribution in [-0.4, -0.2) is 10.5 Å². The van der Waals surface area contributed by atoms with E-state index in [-0.39, 0.29) is 6.10 Å². The van der Waals surface area contributed by atoms with Crippen molar-refractivity contribution in [2.75, 3.05) is 0 Å². The summed E-state index contributed by atoms with van der Waals surface area (Å²) in [6, 6.07) is 9.81. The van der Waals surface area contributed by atoms with Gasteiger partial charge in [0.2, 0.25) is 0 Å². The van der Waals surface area contributed by atoms with Gasteiger partial charge < -0.3 is 9.47 Å². The zero-order valence-electron chi connectivity index (χ0n) is 11.6. The van der Waals surface area contributed by atoms with E-state index in [2.05, 4.69) is 18.2 Å². The number of aromatic nitrogens is 1. The van der Waals surface area contributed by atoms with Gasteiger partial charge >= 0.3 is 0 Å². The topological polar surface area (TPSA) is 31.4 Å². The first-order chi connectivity index (χ1) is 9.17. The minimum atomic E-state index is 0.243. The minimum Gasteiger partial charge on any atom is -0.491 e. The number of ether oxygens (including phenoxy) is 2. The third-order valence-corrected chi connectivity index (χ3v) is 3.64. The summed E-state index contributed by atoms with van der Waals surface area (Å²) in [6.45, 7) is 6.73. The Hall–Kier alpha value is -1.55. The molecule has 1 atom stereocenters. The largest absolute Gasteiger partial charge is 0.491 e. The summed E-state index contributed by atoms with van der Waals surface area (Å²) in [5.74, 6) is 1.73. The standard InChI is InChI=1S/C15H19NO2S/c1-4-12(3)18-14-7-5-13(6-8-14)17-10-15-9-11(2)16-19-15/h5-9,12H,4,10H2,1-3H3. The molecule has 1 heterocycles. The van der Waals surface area contributed by atoms with Crippen LogP contribution in [0, 0.1) is 6.92 Å². The van der Waals surface area contributed by atoms with E-state index in [1.54, 1.807) is 0 Å². The number of hydrogen-bond acceptors (Lipinski definition) is 4. The first-order valence-corrected chi connectivity index (χ1v) is 7.26. The third kappa shape index (κ3) is 4.24. The maximum Gasteiger partial charge on any atom is 0.124 e. The van der Waals surface area contributed by atoms with Gasteiger partial charge in [0.15, 0.2) is 0 Å². The third-order valence-electron chi connectivity index (χ3n) is 2.79. The first-order valence-electron chi connectivity index (χ1n) is 6.49. The van der Waals surface area contributed by atoms with Crippen LogP contribution in [0.3, 0.4) is 0 Å². The number of benzene rings is 1. The molecule has 2 rings (SSSR count). The van der Waals surface area contributed by atoms with Gasteiger partial charge in [0.1, 0.15) is 18.1 Å². The molecule has 102 valence electrons. The quantitative estimate of drug-likeness (QED) is 0.792. The van der Waals surface area contributed by atoms with Gasteiger partial charge in [-0.3, -0.25) is 0 Å². The molecule has 0 saturated heterocycles. The number of aryl methyl sites for hydroxylation is 1. The smallest absolute Gasteiger partial charge is 0.124 e. The van der Waals surface area contributed by atoms with Crippen LogP contribution >= 0.6 is 11.5 Å². The summed E-state index contributed by atoms with van der Waals surface area (Å²) >= 11 is 1.48. The molecule has 1 aromatic heterocycles. The van der Waals surface area contributed by atoms with Crippen LogP contribution in [0.1, 0.15) is 30.8 Å². The number of hydrogen-bond donors (Lipinski definition) is 0. The first kappa shape index (κ1) is 13.9. The maximum atomic E-state index is 5.72. The summed E-state index contributed by atoms with van der Waals surface area (Å²) in [4.78, 5) is 1.14. The van der Waals surface area contributed by atoms with Gasteiger partial charge in [-0.2, -0.15) is 4.37 Å². The Bertz CT molecular complexity index is 507. The van der Waals surface area contributed by atoms with Crippen molar-refractivity contribution in [1.29, 1.82) is 0 Å². The molecule has 0 aliphatic rings. The van der Waals surface area contributed by atoms with Crippen molar-refractivity contribution in [2.45, 2.75) is 39.9 Å². The summed E-state index contributed by atoms with van der Waals surface area (Å²) in [7, 11) is 0. The van der Waals surface area contributed by atoms with E-state index in [9.17, 15) is 0 Å². The second-order valence-corrected chi connectivity index (χ2v) is 5.42. The van der Waals surface area contributed by atoms with Crippen LogP contribution in [0.25, 0.3) is 0 Å². The van der Waals surface area contributed by atoms with Gasteiger partial charge in [-0.25, -0.2) is 0 Å². The monoisotopic (exact) mass is 277 g/mol. The molecule has 1 aromatic carbocycles. The van der Waals surface area contributed by atoms with E-state index in [0.717, 1.165) is 28.5 Å². The molecular formula is C15H19NO2S. The molecule has 19 heavy (non-hydrogen) atoms. The van der Waals surface area contributed by atoms with Gasteiger partial charge in [0, 0.05) is 0 Å². The van der Waals surface area contributed by atoms with Crippen molar-refractivity contribution in [3.8, 4) is 11.5 Å². The molecule has 0 fully saturated rings. The van der Waals surface area contributed by atoms with E-state index in [1.807, 2.05) is 37.3 Å². The molecule has 0 radical (unpaired) electrons. The molecule has 1 unspecified atom stereocenters. The van der Waals surface area contributed by atoms with Crippen molar-refractivity contribution in [3.05, 3.63) is 40.9 Å². The Morgan fingerprint density at radius 2 is 1.89 bits per heavy atom. The average molecular weight is 277 g/mol. The molecule has 0 saturated carbocycles. The minimum absolute atomic E-state index is 0.243. The molecule has 0 amide bonds. The fourth-order valence-electron chi connectivity index (χ4n) is 1.57. The van der Waals surface area contributed by atoms with Crippen LogP contribution in [0.2, 0.25) is 0 Å². The van der Waals surface area contributed by atoms with E-state index >= 15 is 0 Å². The number of rotatable bonds is 6.